The Morgan fingerprint density at radius 2 is 1.65 bits per heavy atom. The second kappa shape index (κ2) is 10.9. The van der Waals surface area contributed by atoms with Crippen molar-refractivity contribution in [2.75, 3.05) is 32.7 Å². The van der Waals surface area contributed by atoms with E-state index in [1.54, 1.807) is 16.8 Å². The number of amides is 1. The zero-order chi connectivity index (χ0) is 25.8. The van der Waals surface area contributed by atoms with Crippen LogP contribution in [0.5, 0.6) is 0 Å². The van der Waals surface area contributed by atoms with Crippen molar-refractivity contribution in [2.45, 2.75) is 13.8 Å². The lowest BCUT2D eigenvalue weighted by molar-refractivity contribution is 0.0641. The van der Waals surface area contributed by atoms with Crippen LogP contribution < -0.4 is 0 Å². The van der Waals surface area contributed by atoms with Crippen molar-refractivity contribution in [1.82, 2.24) is 19.6 Å². The molecule has 5 rings (SSSR count). The molecule has 1 saturated heterocycles. The third kappa shape index (κ3) is 5.70. The minimum atomic E-state index is -0.300. The van der Waals surface area contributed by atoms with Crippen LogP contribution in [0.25, 0.3) is 23.0 Å². The lowest BCUT2D eigenvalue weighted by Crippen LogP contribution is -2.49. The first kappa shape index (κ1) is 24.7. The van der Waals surface area contributed by atoms with Crippen LogP contribution in [-0.4, -0.2) is 58.2 Å². The second-order valence-corrected chi connectivity index (χ2v) is 9.53. The average molecular weight is 495 g/mol. The lowest BCUT2D eigenvalue weighted by atomic mass is 10.1. The molecular weight excluding hydrogens is 463 g/mol. The summed E-state index contributed by atoms with van der Waals surface area (Å²) in [7, 11) is 0. The van der Waals surface area contributed by atoms with E-state index in [4.69, 9.17) is 5.10 Å². The molecule has 188 valence electrons. The highest BCUT2D eigenvalue weighted by Crippen LogP contribution is 2.25. The number of hydrogen-bond donors (Lipinski definition) is 0. The lowest BCUT2D eigenvalue weighted by Gasteiger charge is -2.34. The quantitative estimate of drug-likeness (QED) is 0.342. The summed E-state index contributed by atoms with van der Waals surface area (Å²) in [5.41, 5.74) is 6.13. The smallest absolute Gasteiger partial charge is 0.272 e. The summed E-state index contributed by atoms with van der Waals surface area (Å²) >= 11 is 0. The highest BCUT2D eigenvalue weighted by atomic mass is 19.1. The predicted octanol–water partition coefficient (Wildman–Crippen LogP) is 5.77. The summed E-state index contributed by atoms with van der Waals surface area (Å²) in [4.78, 5) is 18.0. The van der Waals surface area contributed by atoms with Gasteiger partial charge in [0.2, 0.25) is 0 Å². The van der Waals surface area contributed by atoms with Crippen molar-refractivity contribution < 1.29 is 9.18 Å². The molecule has 1 aliphatic heterocycles. The van der Waals surface area contributed by atoms with Crippen LogP contribution in [0.2, 0.25) is 0 Å². The molecule has 0 bridgehead atoms. The Balaban J connectivity index is 1.35. The number of halogens is 1. The Morgan fingerprint density at radius 1 is 0.919 bits per heavy atom. The number of carbonyl (C=O) groups is 1. The zero-order valence-electron chi connectivity index (χ0n) is 21.3. The van der Waals surface area contributed by atoms with Gasteiger partial charge in [-0.1, -0.05) is 54.6 Å². The third-order valence-corrected chi connectivity index (χ3v) is 6.79. The van der Waals surface area contributed by atoms with Gasteiger partial charge in [0.15, 0.2) is 0 Å². The van der Waals surface area contributed by atoms with Gasteiger partial charge in [-0.25, -0.2) is 9.07 Å². The summed E-state index contributed by atoms with van der Waals surface area (Å²) in [5.74, 6) is -0.341. The molecule has 2 heterocycles. The minimum absolute atomic E-state index is 0.0405. The Hall–Kier alpha value is -4.03. The number of carbonyl (C=O) groups excluding carboxylic acids is 1. The Morgan fingerprint density at radius 3 is 2.38 bits per heavy atom. The summed E-state index contributed by atoms with van der Waals surface area (Å²) in [6, 6.07) is 24.5. The highest BCUT2D eigenvalue weighted by molar-refractivity contribution is 5.94. The standard InChI is InChI=1S/C31H31FN4O/c1-23-10-11-24(2)29(21-23)36-30(22-28(33-36)26-12-14-27(32)15-13-26)31(37)35-19-17-34(18-20-35)16-6-9-25-7-4-3-5-8-25/h3-15,21-22H,16-20H2,1-2H3/b9-6+. The fourth-order valence-electron chi connectivity index (χ4n) is 4.62. The van der Waals surface area contributed by atoms with Crippen LogP contribution in [0.1, 0.15) is 27.2 Å². The van der Waals surface area contributed by atoms with Gasteiger partial charge < -0.3 is 4.90 Å². The number of aromatic nitrogens is 2. The van der Waals surface area contributed by atoms with E-state index < -0.39 is 0 Å². The number of aryl methyl sites for hydroxylation is 2. The van der Waals surface area contributed by atoms with Crippen LogP contribution in [-0.2, 0) is 0 Å². The first-order chi connectivity index (χ1) is 18.0. The molecule has 0 N–H and O–H groups in total. The fraction of sp³-hybridized carbons (Fsp3) is 0.226. The van der Waals surface area contributed by atoms with Gasteiger partial charge in [-0.15, -0.1) is 0 Å². The SMILES string of the molecule is Cc1ccc(C)c(-n2nc(-c3ccc(F)cc3)cc2C(=O)N2CCN(C/C=C/c3ccccc3)CC2)c1. The van der Waals surface area contributed by atoms with Gasteiger partial charge in [0.1, 0.15) is 11.5 Å². The van der Waals surface area contributed by atoms with Crippen molar-refractivity contribution in [3.8, 4) is 16.9 Å². The monoisotopic (exact) mass is 494 g/mol. The van der Waals surface area contributed by atoms with Gasteiger partial charge in [-0.2, -0.15) is 5.10 Å². The molecule has 1 amide bonds. The maximum Gasteiger partial charge on any atom is 0.272 e. The van der Waals surface area contributed by atoms with Crippen LogP contribution in [0.3, 0.4) is 0 Å². The molecular formula is C31H31FN4O. The van der Waals surface area contributed by atoms with E-state index in [0.29, 0.717) is 24.5 Å². The topological polar surface area (TPSA) is 41.4 Å². The maximum absolute atomic E-state index is 13.8. The molecule has 6 heteroatoms. The van der Waals surface area contributed by atoms with E-state index in [1.165, 1.54) is 17.7 Å². The van der Waals surface area contributed by atoms with Gasteiger partial charge in [0, 0.05) is 38.3 Å². The van der Waals surface area contributed by atoms with Crippen molar-refractivity contribution >= 4 is 12.0 Å². The van der Waals surface area contributed by atoms with E-state index in [-0.39, 0.29) is 11.7 Å². The Kier molecular flexibility index (Phi) is 7.28. The van der Waals surface area contributed by atoms with E-state index in [2.05, 4.69) is 35.3 Å². The number of hydrogen-bond acceptors (Lipinski definition) is 3. The average Bonchev–Trinajstić information content (AvgIpc) is 3.36. The Bertz CT molecular complexity index is 1400. The summed E-state index contributed by atoms with van der Waals surface area (Å²) in [5, 5.41) is 4.81. The van der Waals surface area contributed by atoms with Crippen molar-refractivity contribution in [3.05, 3.63) is 113 Å². The molecule has 0 aliphatic carbocycles. The van der Waals surface area contributed by atoms with Crippen molar-refractivity contribution in [1.29, 1.82) is 0 Å². The zero-order valence-corrected chi connectivity index (χ0v) is 21.3. The van der Waals surface area contributed by atoms with E-state index >= 15 is 0 Å². The van der Waals surface area contributed by atoms with E-state index in [1.807, 2.05) is 55.1 Å². The van der Waals surface area contributed by atoms with Gasteiger partial charge in [-0.05, 0) is 66.9 Å². The van der Waals surface area contributed by atoms with Gasteiger partial charge >= 0.3 is 0 Å². The number of benzene rings is 3. The maximum atomic E-state index is 13.8. The van der Waals surface area contributed by atoms with Crippen LogP contribution in [0, 0.1) is 19.7 Å². The molecule has 5 nitrogen and oxygen atoms in total. The van der Waals surface area contributed by atoms with Crippen LogP contribution >= 0.6 is 0 Å². The van der Waals surface area contributed by atoms with Crippen LogP contribution in [0.15, 0.2) is 84.9 Å². The van der Waals surface area contributed by atoms with Crippen molar-refractivity contribution in [2.24, 2.45) is 0 Å². The van der Waals surface area contributed by atoms with Gasteiger partial charge in [0.25, 0.3) is 5.91 Å². The molecule has 37 heavy (non-hydrogen) atoms. The number of nitrogens with zero attached hydrogens (tertiary/aromatic N) is 4. The molecule has 4 aromatic rings. The summed E-state index contributed by atoms with van der Waals surface area (Å²) in [6.07, 6.45) is 4.31. The third-order valence-electron chi connectivity index (χ3n) is 6.79. The summed E-state index contributed by atoms with van der Waals surface area (Å²) in [6.45, 7) is 7.83. The molecule has 1 fully saturated rings. The molecule has 1 aliphatic rings. The molecule has 1 aromatic heterocycles. The molecule has 0 saturated carbocycles. The van der Waals surface area contributed by atoms with E-state index in [9.17, 15) is 9.18 Å². The minimum Gasteiger partial charge on any atom is -0.335 e. The Labute approximate surface area is 217 Å². The first-order valence-electron chi connectivity index (χ1n) is 12.6. The molecule has 0 radical (unpaired) electrons. The molecule has 0 spiro atoms. The predicted molar refractivity (Wildman–Crippen MR) is 146 cm³/mol. The number of piperazine rings is 1. The summed E-state index contributed by atoms with van der Waals surface area (Å²) < 4.78 is 15.3. The first-order valence-corrected chi connectivity index (χ1v) is 12.6. The fourth-order valence-corrected chi connectivity index (χ4v) is 4.62. The van der Waals surface area contributed by atoms with Crippen LogP contribution in [0.4, 0.5) is 4.39 Å². The van der Waals surface area contributed by atoms with Gasteiger partial charge in [0.05, 0.1) is 11.4 Å². The molecule has 0 atom stereocenters. The molecule has 3 aromatic carbocycles. The normalized spacial score (nSPS) is 14.4. The molecule has 0 unspecified atom stereocenters. The number of rotatable bonds is 6. The van der Waals surface area contributed by atoms with Gasteiger partial charge in [-0.3, -0.25) is 9.69 Å². The van der Waals surface area contributed by atoms with E-state index in [0.717, 1.165) is 42.0 Å². The highest BCUT2D eigenvalue weighted by Gasteiger charge is 2.26. The van der Waals surface area contributed by atoms with Crippen molar-refractivity contribution in [3.63, 3.8) is 0 Å². The largest absolute Gasteiger partial charge is 0.335 e. The second-order valence-electron chi connectivity index (χ2n) is 9.53.